The number of primary sulfonamides is 1. The number of aromatic nitrogens is 2. The number of sulfonamides is 1. The summed E-state index contributed by atoms with van der Waals surface area (Å²) >= 11 is 5.80. The van der Waals surface area contributed by atoms with Crippen LogP contribution in [0, 0.1) is 0 Å². The maximum absolute atomic E-state index is 13.4. The van der Waals surface area contributed by atoms with Crippen LogP contribution >= 0.6 is 11.6 Å². The fourth-order valence-corrected chi connectivity index (χ4v) is 3.42. The summed E-state index contributed by atoms with van der Waals surface area (Å²) < 4.78 is 64.0. The van der Waals surface area contributed by atoms with Gasteiger partial charge in [-0.05, 0) is 23.8 Å². The van der Waals surface area contributed by atoms with Crippen LogP contribution in [0.2, 0.25) is 5.02 Å². The van der Waals surface area contributed by atoms with Crippen molar-refractivity contribution in [1.82, 2.24) is 10.2 Å². The molecule has 0 aliphatic heterocycles. The first-order chi connectivity index (χ1) is 12.1. The van der Waals surface area contributed by atoms with Crippen LogP contribution in [0.3, 0.4) is 0 Å². The van der Waals surface area contributed by atoms with E-state index in [4.69, 9.17) is 16.7 Å². The zero-order chi connectivity index (χ0) is 19.1. The average Bonchev–Trinajstić information content (AvgIpc) is 3.00. The minimum absolute atomic E-state index is 0.0355. The molecule has 0 saturated heterocycles. The number of nitrogens with one attached hydrogen (secondary N) is 1. The van der Waals surface area contributed by atoms with E-state index in [-0.39, 0.29) is 27.3 Å². The van der Waals surface area contributed by atoms with Crippen molar-refractivity contribution in [3.63, 3.8) is 0 Å². The van der Waals surface area contributed by atoms with Crippen LogP contribution in [0.1, 0.15) is 5.69 Å². The van der Waals surface area contributed by atoms with E-state index in [2.05, 4.69) is 5.10 Å². The molecular formula is C16H11ClF3N3O2S. The quantitative estimate of drug-likeness (QED) is 0.693. The topological polar surface area (TPSA) is 88.8 Å². The van der Waals surface area contributed by atoms with Gasteiger partial charge in [0.1, 0.15) is 11.4 Å². The Labute approximate surface area is 151 Å². The van der Waals surface area contributed by atoms with Gasteiger partial charge in [-0.1, -0.05) is 41.9 Å². The van der Waals surface area contributed by atoms with Gasteiger partial charge in [-0.25, -0.2) is 13.6 Å². The van der Waals surface area contributed by atoms with Crippen molar-refractivity contribution in [1.29, 1.82) is 0 Å². The fourth-order valence-electron chi connectivity index (χ4n) is 2.55. The summed E-state index contributed by atoms with van der Waals surface area (Å²) in [6, 6.07) is 11.1. The molecule has 0 unspecified atom stereocenters. The summed E-state index contributed by atoms with van der Waals surface area (Å²) in [5, 5.41) is 11.2. The first kappa shape index (κ1) is 18.4. The maximum Gasteiger partial charge on any atom is 0.433 e. The van der Waals surface area contributed by atoms with E-state index < -0.39 is 21.9 Å². The summed E-state index contributed by atoms with van der Waals surface area (Å²) in [6.07, 6.45) is -4.73. The molecule has 0 spiro atoms. The number of rotatable bonds is 3. The molecule has 26 heavy (non-hydrogen) atoms. The fraction of sp³-hybridized carbons (Fsp3) is 0.0625. The van der Waals surface area contributed by atoms with E-state index in [1.54, 1.807) is 0 Å². The minimum atomic E-state index is -4.73. The van der Waals surface area contributed by atoms with Crippen LogP contribution in [0.25, 0.3) is 22.4 Å². The highest BCUT2D eigenvalue weighted by Crippen LogP contribution is 2.42. The van der Waals surface area contributed by atoms with Crippen molar-refractivity contribution < 1.29 is 21.6 Å². The SMILES string of the molecule is NS(=O)(=O)c1ccccc1-c1n[nH]c(C(F)(F)F)c1-c1ccc(Cl)cc1. The highest BCUT2D eigenvalue weighted by molar-refractivity contribution is 7.89. The first-order valence-electron chi connectivity index (χ1n) is 7.13. The smallest absolute Gasteiger partial charge is 0.272 e. The first-order valence-corrected chi connectivity index (χ1v) is 9.05. The number of nitrogens with zero attached hydrogens (tertiary/aromatic N) is 1. The molecule has 0 amide bonds. The van der Waals surface area contributed by atoms with Crippen molar-refractivity contribution in [2.75, 3.05) is 0 Å². The second-order valence-corrected chi connectivity index (χ2v) is 7.33. The molecule has 0 saturated carbocycles. The standard InChI is InChI=1S/C16H11ClF3N3O2S/c17-10-7-5-9(6-8-10)13-14(22-23-15(13)16(18,19)20)11-3-1-2-4-12(11)26(21,24)25/h1-8H,(H,22,23)(H2,21,24,25). The Morgan fingerprint density at radius 1 is 1.04 bits per heavy atom. The monoisotopic (exact) mass is 401 g/mol. The molecule has 136 valence electrons. The summed E-state index contributed by atoms with van der Waals surface area (Å²) in [5.74, 6) is 0. The molecule has 1 aromatic heterocycles. The van der Waals surface area contributed by atoms with Crippen molar-refractivity contribution in [2.45, 2.75) is 11.1 Å². The molecule has 3 N–H and O–H groups in total. The van der Waals surface area contributed by atoms with Gasteiger partial charge in [-0.2, -0.15) is 18.3 Å². The number of benzene rings is 2. The second-order valence-electron chi connectivity index (χ2n) is 5.37. The molecule has 10 heteroatoms. The van der Waals surface area contributed by atoms with Crippen molar-refractivity contribution in [3.05, 3.63) is 59.2 Å². The lowest BCUT2D eigenvalue weighted by atomic mass is 9.98. The molecular weight excluding hydrogens is 391 g/mol. The zero-order valence-corrected chi connectivity index (χ0v) is 14.5. The molecule has 2 aromatic carbocycles. The van der Waals surface area contributed by atoms with Gasteiger partial charge < -0.3 is 0 Å². The van der Waals surface area contributed by atoms with Crippen molar-refractivity contribution >= 4 is 21.6 Å². The number of nitrogens with two attached hydrogens (primary N) is 1. The predicted molar refractivity (Wildman–Crippen MR) is 90.8 cm³/mol. The van der Waals surface area contributed by atoms with Crippen LogP contribution in [0.5, 0.6) is 0 Å². The highest BCUT2D eigenvalue weighted by atomic mass is 35.5. The van der Waals surface area contributed by atoms with Gasteiger partial charge in [-0.15, -0.1) is 0 Å². The average molecular weight is 402 g/mol. The normalized spacial score (nSPS) is 12.3. The number of H-pyrrole nitrogens is 1. The third kappa shape index (κ3) is 3.46. The number of hydrogen-bond acceptors (Lipinski definition) is 3. The van der Waals surface area contributed by atoms with Gasteiger partial charge in [0, 0.05) is 16.1 Å². The Morgan fingerprint density at radius 2 is 1.65 bits per heavy atom. The molecule has 5 nitrogen and oxygen atoms in total. The van der Waals surface area contributed by atoms with E-state index in [0.717, 1.165) is 0 Å². The van der Waals surface area contributed by atoms with Crippen LogP contribution in [0.15, 0.2) is 53.4 Å². The highest BCUT2D eigenvalue weighted by Gasteiger charge is 2.38. The molecule has 0 radical (unpaired) electrons. The van der Waals surface area contributed by atoms with Crippen molar-refractivity contribution in [3.8, 4) is 22.4 Å². The van der Waals surface area contributed by atoms with Crippen LogP contribution in [0.4, 0.5) is 13.2 Å². The number of alkyl halides is 3. The molecule has 0 aliphatic rings. The van der Waals surface area contributed by atoms with Gasteiger partial charge in [0.15, 0.2) is 0 Å². The van der Waals surface area contributed by atoms with Gasteiger partial charge in [0.25, 0.3) is 0 Å². The minimum Gasteiger partial charge on any atom is -0.272 e. The third-order valence-electron chi connectivity index (χ3n) is 3.63. The summed E-state index contributed by atoms with van der Waals surface area (Å²) in [4.78, 5) is -0.324. The number of aromatic amines is 1. The van der Waals surface area contributed by atoms with E-state index in [9.17, 15) is 21.6 Å². The Balaban J connectivity index is 2.35. The second kappa shape index (κ2) is 6.42. The van der Waals surface area contributed by atoms with Gasteiger partial charge in [-0.3, -0.25) is 5.10 Å². The summed E-state index contributed by atoms with van der Waals surface area (Å²) in [5.41, 5.74) is -1.42. The lowest BCUT2D eigenvalue weighted by Gasteiger charge is -2.11. The number of hydrogen-bond donors (Lipinski definition) is 2. The Bertz CT molecular complexity index is 1060. The van der Waals surface area contributed by atoms with Crippen LogP contribution in [-0.2, 0) is 16.2 Å². The number of halogens is 4. The Morgan fingerprint density at radius 3 is 2.23 bits per heavy atom. The molecule has 1 heterocycles. The Kier molecular flexibility index (Phi) is 4.55. The summed E-state index contributed by atoms with van der Waals surface area (Å²) in [7, 11) is -4.17. The third-order valence-corrected chi connectivity index (χ3v) is 4.85. The van der Waals surface area contributed by atoms with Crippen molar-refractivity contribution in [2.24, 2.45) is 5.14 Å². The lowest BCUT2D eigenvalue weighted by molar-refractivity contribution is -0.140. The molecule has 3 rings (SSSR count). The van der Waals surface area contributed by atoms with Gasteiger partial charge >= 0.3 is 6.18 Å². The van der Waals surface area contributed by atoms with Gasteiger partial charge in [0.2, 0.25) is 10.0 Å². The van der Waals surface area contributed by atoms with E-state index in [0.29, 0.717) is 5.02 Å². The predicted octanol–water partition coefficient (Wildman–Crippen LogP) is 4.06. The van der Waals surface area contributed by atoms with Crippen LogP contribution in [-0.4, -0.2) is 18.6 Å². The largest absolute Gasteiger partial charge is 0.433 e. The molecule has 3 aromatic rings. The summed E-state index contributed by atoms with van der Waals surface area (Å²) in [6.45, 7) is 0. The zero-order valence-electron chi connectivity index (χ0n) is 12.9. The van der Waals surface area contributed by atoms with Crippen LogP contribution < -0.4 is 5.14 Å². The molecule has 0 fully saturated rings. The Hall–Kier alpha value is -2.36. The lowest BCUT2D eigenvalue weighted by Crippen LogP contribution is -2.13. The van der Waals surface area contributed by atoms with E-state index >= 15 is 0 Å². The van der Waals surface area contributed by atoms with Gasteiger partial charge in [0.05, 0.1) is 4.90 Å². The molecule has 0 aliphatic carbocycles. The molecule has 0 bridgehead atoms. The maximum atomic E-state index is 13.4. The van der Waals surface area contributed by atoms with E-state index in [1.165, 1.54) is 48.5 Å². The molecule has 0 atom stereocenters. The van der Waals surface area contributed by atoms with E-state index in [1.807, 2.05) is 5.10 Å².